The van der Waals surface area contributed by atoms with Crippen LogP contribution in [-0.4, -0.2) is 21.6 Å². The number of H-pyrrole nitrogens is 1. The number of benzene rings is 1. The van der Waals surface area contributed by atoms with Crippen LogP contribution in [0.15, 0.2) is 33.5 Å². The second-order valence-electron chi connectivity index (χ2n) is 4.90. The molecule has 9 heteroatoms. The number of thioether (sulfide) groups is 1. The summed E-state index contributed by atoms with van der Waals surface area (Å²) in [6, 6.07) is 4.98. The van der Waals surface area contributed by atoms with Gasteiger partial charge < -0.3 is 10.3 Å². The van der Waals surface area contributed by atoms with Gasteiger partial charge in [-0.2, -0.15) is 0 Å². The summed E-state index contributed by atoms with van der Waals surface area (Å²) in [6.07, 6.45) is 0. The lowest BCUT2D eigenvalue weighted by atomic mass is 10.3. The minimum atomic E-state index is -0.292. The number of rotatable bonds is 4. The molecule has 2 heterocycles. The fraction of sp³-hybridized carbons (Fsp3) is 0.133. The summed E-state index contributed by atoms with van der Waals surface area (Å²) in [5.41, 5.74) is 1.07. The van der Waals surface area contributed by atoms with Crippen LogP contribution in [0.25, 0.3) is 10.2 Å². The molecule has 1 amide bonds. The molecule has 0 fully saturated rings. The predicted molar refractivity (Wildman–Crippen MR) is 101 cm³/mol. The van der Waals surface area contributed by atoms with Crippen LogP contribution in [0.3, 0.4) is 0 Å². The Morgan fingerprint density at radius 2 is 2.08 bits per heavy atom. The summed E-state index contributed by atoms with van der Waals surface area (Å²) in [5.74, 6) is -0.222. The van der Waals surface area contributed by atoms with E-state index in [-0.39, 0.29) is 17.2 Å². The molecule has 0 radical (unpaired) electrons. The topological polar surface area (TPSA) is 74.8 Å². The fourth-order valence-corrected chi connectivity index (χ4v) is 4.20. The van der Waals surface area contributed by atoms with Gasteiger partial charge in [-0.05, 0) is 30.0 Å². The molecule has 124 valence electrons. The second kappa shape index (κ2) is 7.14. The molecule has 24 heavy (non-hydrogen) atoms. The summed E-state index contributed by atoms with van der Waals surface area (Å²) >= 11 is 14.6. The van der Waals surface area contributed by atoms with Crippen molar-refractivity contribution < 1.29 is 4.79 Å². The molecular formula is C15H11Cl2N3O2S2. The van der Waals surface area contributed by atoms with Gasteiger partial charge in [0.25, 0.3) is 5.56 Å². The normalized spacial score (nSPS) is 11.0. The van der Waals surface area contributed by atoms with Crippen molar-refractivity contribution in [3.8, 4) is 0 Å². The summed E-state index contributed by atoms with van der Waals surface area (Å²) < 4.78 is 0. The number of aryl methyl sites for hydroxylation is 1. The van der Waals surface area contributed by atoms with Gasteiger partial charge in [0.15, 0.2) is 5.16 Å². The number of carbonyl (C=O) groups excluding carboxylic acids is 1. The summed E-state index contributed by atoms with van der Waals surface area (Å²) in [7, 11) is 0. The number of nitrogens with zero attached hydrogens (tertiary/aromatic N) is 1. The lowest BCUT2D eigenvalue weighted by molar-refractivity contribution is -0.113. The van der Waals surface area contributed by atoms with Crippen molar-refractivity contribution in [1.29, 1.82) is 0 Å². The van der Waals surface area contributed by atoms with Gasteiger partial charge in [-0.1, -0.05) is 41.0 Å². The van der Waals surface area contributed by atoms with Crippen LogP contribution < -0.4 is 10.9 Å². The molecule has 3 rings (SSSR count). The zero-order chi connectivity index (χ0) is 17.3. The lowest BCUT2D eigenvalue weighted by Gasteiger charge is -2.08. The molecule has 0 aliphatic carbocycles. The maximum Gasteiger partial charge on any atom is 0.260 e. The van der Waals surface area contributed by atoms with Gasteiger partial charge in [0, 0.05) is 0 Å². The third-order valence-corrected chi connectivity index (χ3v) is 5.67. The molecule has 0 aliphatic heterocycles. The monoisotopic (exact) mass is 399 g/mol. The Bertz CT molecular complexity index is 964. The van der Waals surface area contributed by atoms with E-state index in [2.05, 4.69) is 15.3 Å². The molecule has 0 saturated carbocycles. The van der Waals surface area contributed by atoms with Gasteiger partial charge >= 0.3 is 0 Å². The quantitative estimate of drug-likeness (QED) is 0.505. The lowest BCUT2D eigenvalue weighted by Crippen LogP contribution is -2.16. The number of aromatic nitrogens is 2. The van der Waals surface area contributed by atoms with E-state index in [9.17, 15) is 9.59 Å². The fourth-order valence-electron chi connectivity index (χ4n) is 2.06. The minimum absolute atomic E-state index is 0.0698. The highest BCUT2D eigenvalue weighted by molar-refractivity contribution is 7.99. The maximum absolute atomic E-state index is 12.1. The molecule has 5 nitrogen and oxygen atoms in total. The van der Waals surface area contributed by atoms with E-state index >= 15 is 0 Å². The summed E-state index contributed by atoms with van der Waals surface area (Å²) in [5, 5.41) is 6.27. The van der Waals surface area contributed by atoms with Crippen LogP contribution in [0.1, 0.15) is 5.56 Å². The Balaban J connectivity index is 1.72. The number of carbonyl (C=O) groups is 1. The second-order valence-corrected chi connectivity index (χ2v) is 7.54. The van der Waals surface area contributed by atoms with Gasteiger partial charge in [0.2, 0.25) is 5.91 Å². The Morgan fingerprint density at radius 3 is 2.79 bits per heavy atom. The molecule has 2 aromatic heterocycles. The molecule has 0 aliphatic rings. The van der Waals surface area contributed by atoms with Crippen molar-refractivity contribution in [2.75, 3.05) is 11.1 Å². The van der Waals surface area contributed by atoms with Crippen LogP contribution in [0, 0.1) is 6.92 Å². The van der Waals surface area contributed by atoms with Gasteiger partial charge in [0.05, 0.1) is 26.9 Å². The summed E-state index contributed by atoms with van der Waals surface area (Å²) in [6.45, 7) is 1.86. The first-order valence-electron chi connectivity index (χ1n) is 6.80. The Labute approximate surface area is 155 Å². The molecule has 0 saturated heterocycles. The number of amides is 1. The highest BCUT2D eigenvalue weighted by atomic mass is 35.5. The average molecular weight is 400 g/mol. The highest BCUT2D eigenvalue weighted by Crippen LogP contribution is 2.30. The van der Waals surface area contributed by atoms with E-state index in [1.807, 2.05) is 12.3 Å². The number of nitrogens with one attached hydrogen (secondary N) is 2. The van der Waals surface area contributed by atoms with Crippen molar-refractivity contribution >= 4 is 68.1 Å². The first-order valence-corrected chi connectivity index (χ1v) is 9.42. The summed E-state index contributed by atoms with van der Waals surface area (Å²) in [4.78, 5) is 31.9. The number of para-hydroxylation sites is 1. The molecule has 0 spiro atoms. The van der Waals surface area contributed by atoms with Crippen LogP contribution in [0.2, 0.25) is 10.0 Å². The van der Waals surface area contributed by atoms with Crippen LogP contribution in [-0.2, 0) is 4.79 Å². The van der Waals surface area contributed by atoms with Crippen molar-refractivity contribution in [2.24, 2.45) is 0 Å². The third kappa shape index (κ3) is 3.59. The third-order valence-electron chi connectivity index (χ3n) is 3.17. The zero-order valence-electron chi connectivity index (χ0n) is 12.4. The van der Waals surface area contributed by atoms with E-state index in [0.717, 1.165) is 17.3 Å². The molecule has 1 aromatic carbocycles. The molecule has 0 unspecified atom stereocenters. The van der Waals surface area contributed by atoms with Crippen LogP contribution in [0.4, 0.5) is 5.69 Å². The molecule has 0 bridgehead atoms. The SMILES string of the molecule is Cc1csc2nc(SCC(=O)Nc3c(Cl)cccc3Cl)[nH]c(=O)c12. The van der Waals surface area contributed by atoms with Crippen molar-refractivity contribution in [1.82, 2.24) is 9.97 Å². The largest absolute Gasteiger partial charge is 0.323 e. The minimum Gasteiger partial charge on any atom is -0.323 e. The van der Waals surface area contributed by atoms with Crippen LogP contribution in [0.5, 0.6) is 0 Å². The molecular weight excluding hydrogens is 389 g/mol. The predicted octanol–water partition coefficient (Wildman–Crippen LogP) is 4.33. The Kier molecular flexibility index (Phi) is 5.15. The molecule has 0 atom stereocenters. The average Bonchev–Trinajstić information content (AvgIpc) is 2.91. The molecule has 2 N–H and O–H groups in total. The smallest absolute Gasteiger partial charge is 0.260 e. The van der Waals surface area contributed by atoms with Gasteiger partial charge in [-0.15, -0.1) is 11.3 Å². The maximum atomic E-state index is 12.1. The first kappa shape index (κ1) is 17.3. The van der Waals surface area contributed by atoms with E-state index in [4.69, 9.17) is 23.2 Å². The number of anilines is 1. The number of halogens is 2. The van der Waals surface area contributed by atoms with E-state index in [1.54, 1.807) is 18.2 Å². The van der Waals surface area contributed by atoms with Crippen molar-refractivity contribution in [3.05, 3.63) is 49.5 Å². The van der Waals surface area contributed by atoms with Gasteiger partial charge in [-0.25, -0.2) is 4.98 Å². The number of hydrogen-bond acceptors (Lipinski definition) is 5. The Morgan fingerprint density at radius 1 is 1.38 bits per heavy atom. The van der Waals surface area contributed by atoms with E-state index < -0.39 is 0 Å². The van der Waals surface area contributed by atoms with E-state index in [1.165, 1.54) is 11.3 Å². The number of thiophene rings is 1. The Hall–Kier alpha value is -1.54. The first-order chi connectivity index (χ1) is 11.5. The van der Waals surface area contributed by atoms with Gasteiger partial charge in [-0.3, -0.25) is 9.59 Å². The van der Waals surface area contributed by atoms with Crippen molar-refractivity contribution in [3.63, 3.8) is 0 Å². The molecule has 3 aromatic rings. The number of hydrogen-bond donors (Lipinski definition) is 2. The standard InChI is InChI=1S/C15H11Cl2N3O2S2/c1-7-5-23-14-11(7)13(22)19-15(20-14)24-6-10(21)18-12-8(16)3-2-4-9(12)17/h2-5H,6H2,1H3,(H,18,21)(H,19,20,22). The zero-order valence-corrected chi connectivity index (χ0v) is 15.5. The van der Waals surface area contributed by atoms with Gasteiger partial charge in [0.1, 0.15) is 4.83 Å². The number of aromatic amines is 1. The van der Waals surface area contributed by atoms with Crippen molar-refractivity contribution in [2.45, 2.75) is 12.1 Å². The van der Waals surface area contributed by atoms with Crippen LogP contribution >= 0.6 is 46.3 Å². The number of fused-ring (bicyclic) bond motifs is 1. The van der Waals surface area contributed by atoms with E-state index in [0.29, 0.717) is 31.1 Å². The highest BCUT2D eigenvalue weighted by Gasteiger charge is 2.12.